The van der Waals surface area contributed by atoms with E-state index in [0.717, 1.165) is 24.3 Å². The first-order valence-corrected chi connectivity index (χ1v) is 11.9. The van der Waals surface area contributed by atoms with Crippen molar-refractivity contribution in [1.29, 1.82) is 0 Å². The Hall–Kier alpha value is -3.99. The maximum absolute atomic E-state index is 14.4. The number of benzene rings is 2. The number of hydrogen-bond acceptors (Lipinski definition) is 5. The molecule has 0 bridgehead atoms. The molecule has 2 aromatic carbocycles. The van der Waals surface area contributed by atoms with Gasteiger partial charge >= 0.3 is 6.18 Å². The third-order valence-electron chi connectivity index (χ3n) is 6.20. The Bertz CT molecular complexity index is 1530. The molecule has 1 saturated heterocycles. The van der Waals surface area contributed by atoms with Crippen LogP contribution < -0.4 is 15.6 Å². The van der Waals surface area contributed by atoms with Crippen LogP contribution in [0.5, 0.6) is 0 Å². The zero-order chi connectivity index (χ0) is 27.2. The first-order chi connectivity index (χ1) is 18.0. The zero-order valence-electron chi connectivity index (χ0n) is 20.4. The van der Waals surface area contributed by atoms with Crippen LogP contribution in [-0.2, 0) is 10.9 Å². The highest BCUT2D eigenvalue weighted by Crippen LogP contribution is 2.37. The number of anilines is 3. The minimum atomic E-state index is -4.86. The molecule has 1 aliphatic rings. The Kier molecular flexibility index (Phi) is 6.56. The molecular weight excluding hydrogens is 507 g/mol. The average molecular weight is 530 g/mol. The fraction of sp³-hybridized carbons (Fsp3) is 0.259. The summed E-state index contributed by atoms with van der Waals surface area (Å²) in [6.45, 7) is 4.23. The van der Waals surface area contributed by atoms with Gasteiger partial charge in [0.05, 0.1) is 23.2 Å². The lowest BCUT2D eigenvalue weighted by atomic mass is 10.1. The van der Waals surface area contributed by atoms with Crippen LogP contribution in [0.3, 0.4) is 0 Å². The summed E-state index contributed by atoms with van der Waals surface area (Å²) in [5.41, 5.74) is -1.64. The SMILES string of the molecule is C[C@@H]1CN(c2cc(C(F)(F)F)c3c(=O)cc(Nc4ccc(F)cc4)n(-c4ccc(F)cc4)c3n2)C[C@H](C)O1. The van der Waals surface area contributed by atoms with Crippen LogP contribution in [0.2, 0.25) is 0 Å². The molecule has 0 spiro atoms. The number of nitrogens with zero attached hydrogens (tertiary/aromatic N) is 3. The standard InChI is InChI=1S/C27H23F5N4O2/c1-15-13-35(14-16(2)38-15)23-11-21(27(30,31)32)25-22(37)12-24(33-19-7-3-17(28)4-8-19)36(26(25)34-23)20-9-5-18(29)6-10-20/h3-12,15-16,33H,13-14H2,1-2H3/t15-,16+. The number of halogens is 5. The first-order valence-electron chi connectivity index (χ1n) is 11.9. The van der Waals surface area contributed by atoms with Crippen molar-refractivity contribution in [3.05, 3.63) is 88.1 Å². The molecule has 38 heavy (non-hydrogen) atoms. The first kappa shape index (κ1) is 25.7. The molecule has 5 rings (SSSR count). The van der Waals surface area contributed by atoms with Crippen LogP contribution in [0.25, 0.3) is 16.7 Å². The van der Waals surface area contributed by atoms with Crippen molar-refractivity contribution < 1.29 is 26.7 Å². The largest absolute Gasteiger partial charge is 0.417 e. The van der Waals surface area contributed by atoms with E-state index in [4.69, 9.17) is 4.74 Å². The molecule has 2 aromatic heterocycles. The number of nitrogens with one attached hydrogen (secondary N) is 1. The minimum absolute atomic E-state index is 0.0287. The summed E-state index contributed by atoms with van der Waals surface area (Å²) in [5, 5.41) is 2.34. The van der Waals surface area contributed by atoms with Crippen molar-refractivity contribution in [2.75, 3.05) is 23.3 Å². The van der Waals surface area contributed by atoms with Gasteiger partial charge in [0.15, 0.2) is 11.1 Å². The maximum Gasteiger partial charge on any atom is 0.417 e. The summed E-state index contributed by atoms with van der Waals surface area (Å²) in [7, 11) is 0. The van der Waals surface area contributed by atoms with E-state index < -0.39 is 34.2 Å². The minimum Gasteiger partial charge on any atom is -0.372 e. The number of aromatic nitrogens is 2. The van der Waals surface area contributed by atoms with E-state index in [1.165, 1.54) is 41.0 Å². The van der Waals surface area contributed by atoms with Crippen LogP contribution in [0.4, 0.5) is 39.3 Å². The van der Waals surface area contributed by atoms with Gasteiger partial charge < -0.3 is 15.0 Å². The van der Waals surface area contributed by atoms with Crippen molar-refractivity contribution in [2.45, 2.75) is 32.2 Å². The van der Waals surface area contributed by atoms with Gasteiger partial charge in [-0.1, -0.05) is 0 Å². The van der Waals surface area contributed by atoms with Crippen molar-refractivity contribution in [3.63, 3.8) is 0 Å². The Labute approximate surface area is 214 Å². The fourth-order valence-electron chi connectivity index (χ4n) is 4.67. The van der Waals surface area contributed by atoms with Gasteiger partial charge in [-0.2, -0.15) is 13.2 Å². The molecule has 0 saturated carbocycles. The highest BCUT2D eigenvalue weighted by atomic mass is 19.4. The van der Waals surface area contributed by atoms with Crippen molar-refractivity contribution >= 4 is 28.4 Å². The van der Waals surface area contributed by atoms with E-state index in [0.29, 0.717) is 18.8 Å². The number of pyridine rings is 2. The topological polar surface area (TPSA) is 59.4 Å². The Morgan fingerprint density at radius 2 is 1.50 bits per heavy atom. The number of morpholine rings is 1. The van der Waals surface area contributed by atoms with E-state index in [1.54, 1.807) is 4.90 Å². The van der Waals surface area contributed by atoms with Crippen molar-refractivity contribution in [2.24, 2.45) is 0 Å². The average Bonchev–Trinajstić information content (AvgIpc) is 2.84. The van der Waals surface area contributed by atoms with Gasteiger partial charge in [0.1, 0.15) is 23.3 Å². The summed E-state index contributed by atoms with van der Waals surface area (Å²) in [4.78, 5) is 19.4. The molecule has 0 radical (unpaired) electrons. The van der Waals surface area contributed by atoms with Crippen LogP contribution >= 0.6 is 0 Å². The lowest BCUT2D eigenvalue weighted by molar-refractivity contribution is -0.136. The van der Waals surface area contributed by atoms with E-state index >= 15 is 0 Å². The Balaban J connectivity index is 1.82. The molecule has 1 fully saturated rings. The molecule has 11 heteroatoms. The summed E-state index contributed by atoms with van der Waals surface area (Å²) in [6.07, 6.45) is -5.36. The molecule has 3 heterocycles. The second-order valence-corrected chi connectivity index (χ2v) is 9.22. The zero-order valence-corrected chi connectivity index (χ0v) is 20.4. The number of rotatable bonds is 4. The van der Waals surface area contributed by atoms with E-state index in [1.807, 2.05) is 13.8 Å². The van der Waals surface area contributed by atoms with Crippen LogP contribution in [0, 0.1) is 11.6 Å². The smallest absolute Gasteiger partial charge is 0.372 e. The molecule has 1 aliphatic heterocycles. The van der Waals surface area contributed by atoms with Gasteiger partial charge in [-0.25, -0.2) is 13.8 Å². The lowest BCUT2D eigenvalue weighted by Gasteiger charge is -2.36. The highest BCUT2D eigenvalue weighted by molar-refractivity contribution is 5.86. The number of alkyl halides is 3. The second kappa shape index (κ2) is 9.71. The molecule has 2 atom stereocenters. The molecule has 1 N–H and O–H groups in total. The fourth-order valence-corrected chi connectivity index (χ4v) is 4.67. The van der Waals surface area contributed by atoms with E-state index in [-0.39, 0.29) is 35.2 Å². The molecule has 6 nitrogen and oxygen atoms in total. The van der Waals surface area contributed by atoms with Gasteiger partial charge in [0.25, 0.3) is 0 Å². The monoisotopic (exact) mass is 530 g/mol. The predicted octanol–water partition coefficient (Wildman–Crippen LogP) is 6.04. The summed E-state index contributed by atoms with van der Waals surface area (Å²) < 4.78 is 77.3. The summed E-state index contributed by atoms with van der Waals surface area (Å²) in [6, 6.07) is 12.2. The molecule has 0 unspecified atom stereocenters. The van der Waals surface area contributed by atoms with Gasteiger partial charge in [0, 0.05) is 30.5 Å². The Morgan fingerprint density at radius 3 is 2.08 bits per heavy atom. The highest BCUT2D eigenvalue weighted by Gasteiger charge is 2.37. The van der Waals surface area contributed by atoms with E-state index in [9.17, 15) is 26.7 Å². The van der Waals surface area contributed by atoms with Crippen LogP contribution in [0.1, 0.15) is 19.4 Å². The van der Waals surface area contributed by atoms with Crippen LogP contribution in [0.15, 0.2) is 65.5 Å². The third kappa shape index (κ3) is 5.06. The van der Waals surface area contributed by atoms with E-state index in [2.05, 4.69) is 10.3 Å². The molecule has 0 aliphatic carbocycles. The summed E-state index contributed by atoms with van der Waals surface area (Å²) >= 11 is 0. The molecule has 4 aromatic rings. The normalized spacial score (nSPS) is 18.1. The number of fused-ring (bicyclic) bond motifs is 1. The maximum atomic E-state index is 14.4. The van der Waals surface area contributed by atoms with Gasteiger partial charge in [-0.05, 0) is 68.4 Å². The van der Waals surface area contributed by atoms with Gasteiger partial charge in [-0.3, -0.25) is 9.36 Å². The second-order valence-electron chi connectivity index (χ2n) is 9.22. The molecular formula is C27H23F5N4O2. The van der Waals surface area contributed by atoms with Crippen molar-refractivity contribution in [1.82, 2.24) is 9.55 Å². The third-order valence-corrected chi connectivity index (χ3v) is 6.20. The molecule has 0 amide bonds. The van der Waals surface area contributed by atoms with Crippen LogP contribution in [-0.4, -0.2) is 34.8 Å². The quantitative estimate of drug-likeness (QED) is 0.326. The summed E-state index contributed by atoms with van der Waals surface area (Å²) in [5.74, 6) is -0.934. The predicted molar refractivity (Wildman–Crippen MR) is 134 cm³/mol. The molecule has 198 valence electrons. The van der Waals surface area contributed by atoms with Gasteiger partial charge in [-0.15, -0.1) is 0 Å². The lowest BCUT2D eigenvalue weighted by Crippen LogP contribution is -2.46. The Morgan fingerprint density at radius 1 is 0.921 bits per heavy atom. The van der Waals surface area contributed by atoms with Crippen molar-refractivity contribution in [3.8, 4) is 5.69 Å². The number of hydrogen-bond donors (Lipinski definition) is 1. The van der Waals surface area contributed by atoms with Gasteiger partial charge in [0.2, 0.25) is 0 Å². The number of ether oxygens (including phenoxy) is 1.